The molecule has 1 aromatic heterocycles. The minimum absolute atomic E-state index is 0.0625. The van der Waals surface area contributed by atoms with Crippen molar-refractivity contribution in [3.63, 3.8) is 0 Å². The van der Waals surface area contributed by atoms with E-state index < -0.39 is 0 Å². The van der Waals surface area contributed by atoms with Gasteiger partial charge in [0.05, 0.1) is 27.0 Å². The fraction of sp³-hybridized carbons (Fsp3) is 0.200. The zero-order valence-electron chi connectivity index (χ0n) is 12.1. The van der Waals surface area contributed by atoms with Gasteiger partial charge in [0.15, 0.2) is 5.82 Å². The molecule has 0 spiro atoms. The second-order valence-corrected chi connectivity index (χ2v) is 6.24. The average molecular weight is 384 g/mol. The Morgan fingerprint density at radius 2 is 1.75 bits per heavy atom. The molecule has 122 valence electrons. The summed E-state index contributed by atoms with van der Waals surface area (Å²) in [5.41, 5.74) is 0.398. The second-order valence-electron chi connectivity index (χ2n) is 5.08. The first-order chi connectivity index (χ1) is 11.5. The van der Waals surface area contributed by atoms with Gasteiger partial charge >= 0.3 is 0 Å². The summed E-state index contributed by atoms with van der Waals surface area (Å²) in [7, 11) is 0. The van der Waals surface area contributed by atoms with Crippen molar-refractivity contribution in [1.29, 1.82) is 5.26 Å². The zero-order valence-corrected chi connectivity index (χ0v) is 14.4. The van der Waals surface area contributed by atoms with Gasteiger partial charge in [0.2, 0.25) is 11.8 Å². The van der Waals surface area contributed by atoms with Crippen LogP contribution in [0.5, 0.6) is 0 Å². The topological polar surface area (TPSA) is 79.0 Å². The van der Waals surface area contributed by atoms with Crippen LogP contribution in [0.1, 0.15) is 24.8 Å². The maximum Gasteiger partial charge on any atom is 0.235 e. The molecule has 6 nitrogen and oxygen atoms in total. The van der Waals surface area contributed by atoms with E-state index in [0.29, 0.717) is 12.1 Å². The Bertz CT molecular complexity index is 885. The van der Waals surface area contributed by atoms with Crippen LogP contribution < -0.4 is 4.90 Å². The highest BCUT2D eigenvalue weighted by Crippen LogP contribution is 2.37. The van der Waals surface area contributed by atoms with Crippen molar-refractivity contribution in [2.24, 2.45) is 0 Å². The van der Waals surface area contributed by atoms with E-state index in [-0.39, 0.29) is 51.1 Å². The number of rotatable bonds is 2. The SMILES string of the molecule is N#Cc1cnn(-c2ccc(Cl)c(Cl)c2Cl)c1N1C(=O)CCCC1=O. The van der Waals surface area contributed by atoms with Crippen LogP contribution in [0.15, 0.2) is 18.3 Å². The number of amides is 2. The smallest absolute Gasteiger partial charge is 0.235 e. The highest BCUT2D eigenvalue weighted by Gasteiger charge is 2.33. The van der Waals surface area contributed by atoms with Crippen molar-refractivity contribution in [1.82, 2.24) is 9.78 Å². The largest absolute Gasteiger partial charge is 0.274 e. The Morgan fingerprint density at radius 3 is 2.38 bits per heavy atom. The molecule has 1 aliphatic heterocycles. The van der Waals surface area contributed by atoms with Crippen molar-refractivity contribution in [3.8, 4) is 11.8 Å². The molecular weight excluding hydrogens is 375 g/mol. The summed E-state index contributed by atoms with van der Waals surface area (Å²) in [6.07, 6.45) is 2.19. The van der Waals surface area contributed by atoms with E-state index in [4.69, 9.17) is 34.8 Å². The molecule has 0 unspecified atom stereocenters. The van der Waals surface area contributed by atoms with Gasteiger partial charge < -0.3 is 0 Å². The number of hydrogen-bond donors (Lipinski definition) is 0. The predicted octanol–water partition coefficient (Wildman–Crippen LogP) is 3.75. The molecule has 3 rings (SSSR count). The van der Waals surface area contributed by atoms with Gasteiger partial charge in [0.1, 0.15) is 11.6 Å². The van der Waals surface area contributed by atoms with Crippen molar-refractivity contribution in [3.05, 3.63) is 39.0 Å². The van der Waals surface area contributed by atoms with E-state index in [1.54, 1.807) is 6.07 Å². The molecule has 0 bridgehead atoms. The summed E-state index contributed by atoms with van der Waals surface area (Å²) in [6, 6.07) is 5.00. The molecule has 2 amide bonds. The maximum absolute atomic E-state index is 12.2. The third kappa shape index (κ3) is 2.65. The summed E-state index contributed by atoms with van der Waals surface area (Å²) >= 11 is 18.2. The Morgan fingerprint density at radius 1 is 1.08 bits per heavy atom. The van der Waals surface area contributed by atoms with Gasteiger partial charge in [-0.25, -0.2) is 9.58 Å². The van der Waals surface area contributed by atoms with E-state index in [1.165, 1.54) is 16.9 Å². The molecule has 1 saturated heterocycles. The van der Waals surface area contributed by atoms with Crippen molar-refractivity contribution in [2.45, 2.75) is 19.3 Å². The van der Waals surface area contributed by atoms with Gasteiger partial charge in [-0.05, 0) is 18.6 Å². The number of benzene rings is 1. The normalized spacial score (nSPS) is 14.8. The monoisotopic (exact) mass is 382 g/mol. The van der Waals surface area contributed by atoms with Crippen LogP contribution in [0, 0.1) is 11.3 Å². The predicted molar refractivity (Wildman–Crippen MR) is 89.7 cm³/mol. The Hall–Kier alpha value is -2.07. The van der Waals surface area contributed by atoms with Crippen LogP contribution in [0.3, 0.4) is 0 Å². The number of imide groups is 1. The molecule has 0 radical (unpaired) electrons. The summed E-state index contributed by atoms with van der Waals surface area (Å²) in [6.45, 7) is 0. The second kappa shape index (κ2) is 6.44. The molecule has 1 aliphatic rings. The van der Waals surface area contributed by atoms with Crippen LogP contribution >= 0.6 is 34.8 Å². The number of nitrogens with zero attached hydrogens (tertiary/aromatic N) is 4. The van der Waals surface area contributed by atoms with Gasteiger partial charge in [-0.1, -0.05) is 34.8 Å². The van der Waals surface area contributed by atoms with Crippen molar-refractivity contribution >= 4 is 52.4 Å². The third-order valence-corrected chi connectivity index (χ3v) is 4.88. The summed E-state index contributed by atoms with van der Waals surface area (Å²) in [5, 5.41) is 13.9. The van der Waals surface area contributed by atoms with E-state index in [0.717, 1.165) is 4.90 Å². The molecule has 9 heteroatoms. The number of hydrogen-bond acceptors (Lipinski definition) is 4. The van der Waals surface area contributed by atoms with Crippen LogP contribution in [-0.2, 0) is 9.59 Å². The van der Waals surface area contributed by atoms with Crippen LogP contribution in [0.25, 0.3) is 5.69 Å². The minimum Gasteiger partial charge on any atom is -0.274 e. The minimum atomic E-state index is -0.388. The first-order valence-electron chi connectivity index (χ1n) is 6.93. The Balaban J connectivity index is 2.24. The molecule has 2 aromatic rings. The molecule has 1 fully saturated rings. The average Bonchev–Trinajstić information content (AvgIpc) is 2.96. The van der Waals surface area contributed by atoms with Gasteiger partial charge in [0, 0.05) is 12.8 Å². The number of carbonyl (C=O) groups excluding carboxylic acids is 2. The van der Waals surface area contributed by atoms with Gasteiger partial charge in [-0.2, -0.15) is 10.4 Å². The Labute approximate surface area is 152 Å². The number of nitriles is 1. The molecule has 0 atom stereocenters. The number of carbonyl (C=O) groups is 2. The third-order valence-electron chi connectivity index (χ3n) is 3.60. The fourth-order valence-corrected chi connectivity index (χ4v) is 3.09. The lowest BCUT2D eigenvalue weighted by molar-refractivity contribution is -0.129. The fourth-order valence-electron chi connectivity index (χ4n) is 2.48. The van der Waals surface area contributed by atoms with Gasteiger partial charge in [0.25, 0.3) is 0 Å². The van der Waals surface area contributed by atoms with Crippen LogP contribution in [-0.4, -0.2) is 21.6 Å². The van der Waals surface area contributed by atoms with Crippen molar-refractivity contribution in [2.75, 3.05) is 4.90 Å². The lowest BCUT2D eigenvalue weighted by Gasteiger charge is -2.25. The van der Waals surface area contributed by atoms with Crippen LogP contribution in [0.4, 0.5) is 5.82 Å². The summed E-state index contributed by atoms with van der Waals surface area (Å²) in [5.74, 6) is -0.714. The Kier molecular flexibility index (Phi) is 4.50. The first-order valence-corrected chi connectivity index (χ1v) is 8.07. The highest BCUT2D eigenvalue weighted by molar-refractivity contribution is 6.48. The summed E-state index contributed by atoms with van der Waals surface area (Å²) in [4.78, 5) is 25.5. The molecule has 2 heterocycles. The van der Waals surface area contributed by atoms with Gasteiger partial charge in [-0.3, -0.25) is 9.59 Å². The molecule has 24 heavy (non-hydrogen) atoms. The van der Waals surface area contributed by atoms with Crippen molar-refractivity contribution < 1.29 is 9.59 Å². The molecule has 0 aliphatic carbocycles. The van der Waals surface area contributed by atoms with E-state index in [2.05, 4.69) is 5.10 Å². The van der Waals surface area contributed by atoms with E-state index in [1.807, 2.05) is 6.07 Å². The standard InChI is InChI=1S/C15H9Cl3N4O2/c16-9-4-5-10(14(18)13(9)17)22-15(8(6-19)7-20-22)21-11(23)2-1-3-12(21)24/h4-5,7H,1-3H2. The number of aromatic nitrogens is 2. The molecule has 0 N–H and O–H groups in total. The number of anilines is 1. The number of halogens is 3. The van der Waals surface area contributed by atoms with E-state index >= 15 is 0 Å². The van der Waals surface area contributed by atoms with E-state index in [9.17, 15) is 14.9 Å². The molecule has 0 saturated carbocycles. The quantitative estimate of drug-likeness (QED) is 0.584. The zero-order chi connectivity index (χ0) is 17.4. The molecular formula is C15H9Cl3N4O2. The van der Waals surface area contributed by atoms with Gasteiger partial charge in [-0.15, -0.1) is 0 Å². The van der Waals surface area contributed by atoms with Crippen LogP contribution in [0.2, 0.25) is 15.1 Å². The highest BCUT2D eigenvalue weighted by atomic mass is 35.5. The molecule has 1 aromatic carbocycles. The summed E-state index contributed by atoms with van der Waals surface area (Å²) < 4.78 is 1.25. The lowest BCUT2D eigenvalue weighted by atomic mass is 10.1. The maximum atomic E-state index is 12.2. The lowest BCUT2D eigenvalue weighted by Crippen LogP contribution is -2.41. The number of piperidine rings is 1. The first kappa shape index (κ1) is 16.8.